The number of ether oxygens (including phenoxy) is 1. The van der Waals surface area contributed by atoms with Gasteiger partial charge in [-0.15, -0.1) is 0 Å². The molecule has 0 heterocycles. The van der Waals surface area contributed by atoms with Gasteiger partial charge in [-0.05, 0) is 80.5 Å². The molecule has 0 amide bonds. The van der Waals surface area contributed by atoms with Crippen LogP contribution in [0.3, 0.4) is 0 Å². The summed E-state index contributed by atoms with van der Waals surface area (Å²) in [4.78, 5) is 24.5. The van der Waals surface area contributed by atoms with Crippen molar-refractivity contribution < 1.29 is 14.3 Å². The van der Waals surface area contributed by atoms with Crippen molar-refractivity contribution >= 4 is 11.8 Å². The van der Waals surface area contributed by atoms with Crippen LogP contribution in [-0.2, 0) is 14.3 Å². The Balaban J connectivity index is 1.50. The van der Waals surface area contributed by atoms with Crippen molar-refractivity contribution in [1.82, 2.24) is 0 Å². The van der Waals surface area contributed by atoms with Gasteiger partial charge in [0.05, 0.1) is 0 Å². The Labute approximate surface area is 182 Å². The highest BCUT2D eigenvalue weighted by Crippen LogP contribution is 2.65. The molecule has 6 atom stereocenters. The highest BCUT2D eigenvalue weighted by atomic mass is 16.5. The summed E-state index contributed by atoms with van der Waals surface area (Å²) in [5.74, 6) is 2.29. The van der Waals surface area contributed by atoms with E-state index in [0.717, 1.165) is 32.1 Å². The fourth-order valence-electron chi connectivity index (χ4n) is 7.39. The van der Waals surface area contributed by atoms with Crippen LogP contribution >= 0.6 is 0 Å². The van der Waals surface area contributed by atoms with Crippen LogP contribution in [0.4, 0.5) is 0 Å². The largest absolute Gasteiger partial charge is 0.462 e. The van der Waals surface area contributed by atoms with Crippen LogP contribution < -0.4 is 0 Å². The van der Waals surface area contributed by atoms with Gasteiger partial charge in [-0.2, -0.15) is 0 Å². The number of Topliss-reactive ketones (excluding diaryl/α,β-unsaturated/α-hetero) is 1. The highest BCUT2D eigenvalue weighted by molar-refractivity contribution is 5.79. The molecule has 4 aliphatic carbocycles. The summed E-state index contributed by atoms with van der Waals surface area (Å²) in [5.41, 5.74) is 3.44. The molecule has 6 unspecified atom stereocenters. The number of rotatable bonds is 5. The fourth-order valence-corrected chi connectivity index (χ4v) is 7.39. The third-order valence-corrected chi connectivity index (χ3v) is 9.24. The zero-order chi connectivity index (χ0) is 21.7. The SMILES string of the molecule is CC(=O)C1CCC2C3=CC=C4CC(OC(=O)CCC(C)C)CCC4(C)C3CCC12C. The van der Waals surface area contributed by atoms with Gasteiger partial charge in [0.2, 0.25) is 0 Å². The molecule has 0 aromatic heterocycles. The second-order valence-corrected chi connectivity index (χ2v) is 11.5. The number of allylic oxidation sites excluding steroid dienone is 3. The quantitative estimate of drug-likeness (QED) is 0.489. The zero-order valence-electron chi connectivity index (χ0n) is 19.6. The van der Waals surface area contributed by atoms with E-state index < -0.39 is 0 Å². The van der Waals surface area contributed by atoms with Crippen molar-refractivity contribution in [2.75, 3.05) is 0 Å². The molecule has 0 radical (unpaired) electrons. The highest BCUT2D eigenvalue weighted by Gasteiger charge is 2.57. The first kappa shape index (κ1) is 21.8. The van der Waals surface area contributed by atoms with Gasteiger partial charge in [0, 0.05) is 18.8 Å². The van der Waals surface area contributed by atoms with Crippen molar-refractivity contribution in [3.05, 3.63) is 23.3 Å². The standard InChI is InChI=1S/C27H40O3/c1-17(2)6-11-25(29)30-20-12-14-26(4)19(16-20)7-8-21-23-10-9-22(18(3)28)27(23,5)15-13-24(21)26/h7-8,17,20,22-24H,6,9-16H2,1-5H3. The number of esters is 1. The van der Waals surface area contributed by atoms with Gasteiger partial charge in [-0.25, -0.2) is 0 Å². The van der Waals surface area contributed by atoms with Gasteiger partial charge < -0.3 is 4.74 Å². The van der Waals surface area contributed by atoms with Crippen LogP contribution in [0.2, 0.25) is 0 Å². The molecule has 4 aliphatic rings. The second kappa shape index (κ2) is 7.95. The monoisotopic (exact) mass is 412 g/mol. The number of hydrogen-bond acceptors (Lipinski definition) is 3. The van der Waals surface area contributed by atoms with Crippen molar-refractivity contribution in [2.45, 2.75) is 98.5 Å². The smallest absolute Gasteiger partial charge is 0.306 e. The minimum atomic E-state index is -0.0281. The average Bonchev–Trinajstić information content (AvgIpc) is 3.04. The topological polar surface area (TPSA) is 43.4 Å². The van der Waals surface area contributed by atoms with Gasteiger partial charge in [0.1, 0.15) is 11.9 Å². The summed E-state index contributed by atoms with van der Waals surface area (Å²) in [6.45, 7) is 10.9. The third kappa shape index (κ3) is 3.60. The normalized spacial score (nSPS) is 40.1. The Morgan fingerprint density at radius 2 is 1.83 bits per heavy atom. The fraction of sp³-hybridized carbons (Fsp3) is 0.778. The molecule has 0 N–H and O–H groups in total. The van der Waals surface area contributed by atoms with E-state index in [4.69, 9.17) is 4.74 Å². The van der Waals surface area contributed by atoms with Crippen molar-refractivity contribution in [3.63, 3.8) is 0 Å². The predicted molar refractivity (Wildman–Crippen MR) is 120 cm³/mol. The molecule has 0 saturated heterocycles. The summed E-state index contributed by atoms with van der Waals surface area (Å²) in [6, 6.07) is 0. The van der Waals surface area contributed by atoms with Crippen LogP contribution in [-0.4, -0.2) is 17.9 Å². The maximum absolute atomic E-state index is 12.3. The van der Waals surface area contributed by atoms with Crippen molar-refractivity contribution in [3.8, 4) is 0 Å². The number of hydrogen-bond donors (Lipinski definition) is 0. The van der Waals surface area contributed by atoms with Gasteiger partial charge in [-0.1, -0.05) is 51.0 Å². The lowest BCUT2D eigenvalue weighted by atomic mass is 9.50. The average molecular weight is 413 g/mol. The van der Waals surface area contributed by atoms with E-state index in [1.54, 1.807) is 12.5 Å². The molecular formula is C27H40O3. The van der Waals surface area contributed by atoms with Crippen molar-refractivity contribution in [2.24, 2.45) is 34.5 Å². The molecule has 166 valence electrons. The van der Waals surface area contributed by atoms with E-state index in [2.05, 4.69) is 39.8 Å². The van der Waals surface area contributed by atoms with E-state index in [1.165, 1.54) is 24.8 Å². The van der Waals surface area contributed by atoms with Crippen LogP contribution in [0.15, 0.2) is 23.3 Å². The Bertz CT molecular complexity index is 775. The van der Waals surface area contributed by atoms with Gasteiger partial charge in [0.25, 0.3) is 0 Å². The molecule has 0 aliphatic heterocycles. The lowest BCUT2D eigenvalue weighted by Gasteiger charge is -2.54. The molecule has 0 aromatic carbocycles. The lowest BCUT2D eigenvalue weighted by Crippen LogP contribution is -2.47. The number of carbonyl (C=O) groups is 2. The Hall–Kier alpha value is -1.38. The van der Waals surface area contributed by atoms with Crippen LogP contribution in [0.25, 0.3) is 0 Å². The van der Waals surface area contributed by atoms with E-state index in [1.807, 2.05) is 0 Å². The van der Waals surface area contributed by atoms with Crippen LogP contribution in [0.1, 0.15) is 92.4 Å². The summed E-state index contributed by atoms with van der Waals surface area (Å²) >= 11 is 0. The molecule has 3 fully saturated rings. The van der Waals surface area contributed by atoms with Gasteiger partial charge >= 0.3 is 5.97 Å². The first-order valence-corrected chi connectivity index (χ1v) is 12.3. The Kier molecular flexibility index (Phi) is 5.79. The number of fused-ring (bicyclic) bond motifs is 5. The summed E-state index contributed by atoms with van der Waals surface area (Å²) in [6.07, 6.45) is 13.8. The van der Waals surface area contributed by atoms with Crippen molar-refractivity contribution in [1.29, 1.82) is 0 Å². The van der Waals surface area contributed by atoms with Crippen LogP contribution in [0.5, 0.6) is 0 Å². The summed E-state index contributed by atoms with van der Waals surface area (Å²) in [7, 11) is 0. The molecule has 30 heavy (non-hydrogen) atoms. The molecule has 4 rings (SSSR count). The summed E-state index contributed by atoms with van der Waals surface area (Å²) in [5, 5.41) is 0. The third-order valence-electron chi connectivity index (χ3n) is 9.24. The Morgan fingerprint density at radius 1 is 1.07 bits per heavy atom. The maximum atomic E-state index is 12.3. The molecule has 3 nitrogen and oxygen atoms in total. The molecule has 0 aromatic rings. The zero-order valence-corrected chi connectivity index (χ0v) is 19.6. The lowest BCUT2D eigenvalue weighted by molar-refractivity contribution is -0.151. The van der Waals surface area contributed by atoms with E-state index in [0.29, 0.717) is 30.0 Å². The summed E-state index contributed by atoms with van der Waals surface area (Å²) < 4.78 is 5.86. The van der Waals surface area contributed by atoms with Gasteiger partial charge in [0.15, 0.2) is 0 Å². The molecule has 0 bridgehead atoms. The molecule has 3 saturated carbocycles. The first-order chi connectivity index (χ1) is 14.1. The van der Waals surface area contributed by atoms with Gasteiger partial charge in [-0.3, -0.25) is 9.59 Å². The molecular weight excluding hydrogens is 372 g/mol. The van der Waals surface area contributed by atoms with E-state index >= 15 is 0 Å². The minimum absolute atomic E-state index is 0.0281. The molecule has 0 spiro atoms. The Morgan fingerprint density at radius 3 is 2.53 bits per heavy atom. The molecule has 3 heteroatoms. The van der Waals surface area contributed by atoms with E-state index in [9.17, 15) is 9.59 Å². The second-order valence-electron chi connectivity index (χ2n) is 11.5. The number of carbonyl (C=O) groups excluding carboxylic acids is 2. The first-order valence-electron chi connectivity index (χ1n) is 12.3. The maximum Gasteiger partial charge on any atom is 0.306 e. The van der Waals surface area contributed by atoms with Crippen LogP contribution in [0, 0.1) is 34.5 Å². The van der Waals surface area contributed by atoms with E-state index in [-0.39, 0.29) is 28.8 Å². The minimum Gasteiger partial charge on any atom is -0.462 e. The predicted octanol–water partition coefficient (Wildman–Crippen LogP) is 6.42. The number of ketones is 1.